The van der Waals surface area contributed by atoms with E-state index in [1.165, 1.54) is 16.9 Å². The van der Waals surface area contributed by atoms with Gasteiger partial charge in [-0.3, -0.25) is 14.9 Å². The van der Waals surface area contributed by atoms with Crippen molar-refractivity contribution in [3.05, 3.63) is 70.2 Å². The van der Waals surface area contributed by atoms with Crippen molar-refractivity contribution in [2.24, 2.45) is 0 Å². The zero-order valence-corrected chi connectivity index (χ0v) is 20.3. The molecule has 3 aromatic rings. The number of benzene rings is 2. The summed E-state index contributed by atoms with van der Waals surface area (Å²) in [6.07, 6.45) is 1.49. The first-order chi connectivity index (χ1) is 16.0. The van der Waals surface area contributed by atoms with Crippen LogP contribution in [0.25, 0.3) is 5.69 Å². The Morgan fingerprint density at radius 2 is 1.91 bits per heavy atom. The van der Waals surface area contributed by atoms with Gasteiger partial charge in [-0.15, -0.1) is 5.10 Å². The van der Waals surface area contributed by atoms with Crippen LogP contribution >= 0.6 is 23.2 Å². The number of hydrogen-bond acceptors (Lipinski definition) is 6. The Morgan fingerprint density at radius 3 is 2.56 bits per heavy atom. The lowest BCUT2D eigenvalue weighted by Gasteiger charge is -2.25. The highest BCUT2D eigenvalue weighted by Gasteiger charge is 2.26. The summed E-state index contributed by atoms with van der Waals surface area (Å²) in [5.41, 5.74) is 0.436. The number of carbonyl (C=O) groups is 2. The Hall–Kier alpha value is -3.01. The largest absolute Gasteiger partial charge is 0.459 e. The molecule has 2 aromatic carbocycles. The first-order valence-electron chi connectivity index (χ1n) is 10.4. The second-order valence-electron chi connectivity index (χ2n) is 8.46. The van der Waals surface area contributed by atoms with Crippen LogP contribution in [0.3, 0.4) is 0 Å². The minimum absolute atomic E-state index is 0.00867. The standard InChI is InChI=1S/C23H24Cl2FN5O3/c1-23(2,3)34-22(33)18(10-14-6-4-5-7-16(14)26)27-12-21(32)28-17-11-15(24)8-9-19(17)31-13-20(25)29-30-31/h4-9,11,13,18,27H,10,12H2,1-3H3,(H,28,32). The summed E-state index contributed by atoms with van der Waals surface area (Å²) >= 11 is 11.9. The second-order valence-corrected chi connectivity index (χ2v) is 9.28. The van der Waals surface area contributed by atoms with E-state index >= 15 is 0 Å². The van der Waals surface area contributed by atoms with Crippen molar-refractivity contribution in [3.63, 3.8) is 0 Å². The van der Waals surface area contributed by atoms with E-state index in [-0.39, 0.29) is 18.1 Å². The first-order valence-corrected chi connectivity index (χ1v) is 11.1. The van der Waals surface area contributed by atoms with Crippen molar-refractivity contribution in [1.29, 1.82) is 0 Å². The minimum Gasteiger partial charge on any atom is -0.459 e. The van der Waals surface area contributed by atoms with Gasteiger partial charge in [0.15, 0.2) is 5.15 Å². The van der Waals surface area contributed by atoms with E-state index in [1.54, 1.807) is 57.2 Å². The maximum absolute atomic E-state index is 14.2. The maximum atomic E-state index is 14.2. The summed E-state index contributed by atoms with van der Waals surface area (Å²) in [6, 6.07) is 10.0. The summed E-state index contributed by atoms with van der Waals surface area (Å²) < 4.78 is 21.0. The van der Waals surface area contributed by atoms with Crippen molar-refractivity contribution in [3.8, 4) is 5.69 Å². The summed E-state index contributed by atoms with van der Waals surface area (Å²) in [5.74, 6) is -1.50. The van der Waals surface area contributed by atoms with E-state index in [2.05, 4.69) is 20.9 Å². The Bertz CT molecular complexity index is 1180. The normalized spacial score (nSPS) is 12.3. The molecule has 0 saturated carbocycles. The molecule has 11 heteroatoms. The van der Waals surface area contributed by atoms with Crippen molar-refractivity contribution in [2.45, 2.75) is 38.8 Å². The molecule has 0 radical (unpaired) electrons. The molecule has 0 saturated heterocycles. The Labute approximate surface area is 206 Å². The van der Waals surface area contributed by atoms with E-state index in [4.69, 9.17) is 27.9 Å². The van der Waals surface area contributed by atoms with Crippen molar-refractivity contribution in [1.82, 2.24) is 20.3 Å². The molecule has 0 spiro atoms. The fraction of sp³-hybridized carbons (Fsp3) is 0.304. The molecule has 1 heterocycles. The number of ether oxygens (including phenoxy) is 1. The number of esters is 1. The minimum atomic E-state index is -0.949. The molecule has 1 amide bonds. The van der Waals surface area contributed by atoms with E-state index in [0.717, 1.165) is 0 Å². The highest BCUT2D eigenvalue weighted by molar-refractivity contribution is 6.31. The molecule has 1 aromatic heterocycles. The Balaban J connectivity index is 1.74. The van der Waals surface area contributed by atoms with Crippen LogP contribution in [0.1, 0.15) is 26.3 Å². The van der Waals surface area contributed by atoms with Crippen LogP contribution in [0.4, 0.5) is 10.1 Å². The van der Waals surface area contributed by atoms with Crippen molar-refractivity contribution >= 4 is 40.8 Å². The van der Waals surface area contributed by atoms with Gasteiger partial charge < -0.3 is 10.1 Å². The third kappa shape index (κ3) is 7.24. The smallest absolute Gasteiger partial charge is 0.324 e. The van der Waals surface area contributed by atoms with Gasteiger partial charge in [0.2, 0.25) is 5.91 Å². The predicted molar refractivity (Wildman–Crippen MR) is 128 cm³/mol. The molecular weight excluding hydrogens is 484 g/mol. The number of amides is 1. The number of carbonyl (C=O) groups excluding carboxylic acids is 2. The number of aromatic nitrogens is 3. The number of hydrogen-bond donors (Lipinski definition) is 2. The Kier molecular flexibility index (Phi) is 8.24. The van der Waals surface area contributed by atoms with Gasteiger partial charge in [-0.25, -0.2) is 9.07 Å². The number of nitrogens with one attached hydrogen (secondary N) is 2. The first kappa shape index (κ1) is 25.6. The molecular formula is C23H24Cl2FN5O3. The topological polar surface area (TPSA) is 98.1 Å². The number of rotatable bonds is 8. The van der Waals surface area contributed by atoms with E-state index in [0.29, 0.717) is 22.0 Å². The van der Waals surface area contributed by atoms with E-state index < -0.39 is 29.3 Å². The second kappa shape index (κ2) is 10.9. The molecule has 0 aliphatic rings. The van der Waals surface area contributed by atoms with Crippen LogP contribution in [-0.4, -0.2) is 45.1 Å². The summed E-state index contributed by atoms with van der Waals surface area (Å²) in [6.45, 7) is 4.95. The SMILES string of the molecule is CC(C)(C)OC(=O)C(Cc1ccccc1F)NCC(=O)Nc1cc(Cl)ccc1-n1cc(Cl)nn1. The molecule has 0 aliphatic heterocycles. The molecule has 1 atom stereocenters. The van der Waals surface area contributed by atoms with Gasteiger partial charge in [0, 0.05) is 11.4 Å². The van der Waals surface area contributed by atoms with E-state index in [9.17, 15) is 14.0 Å². The fourth-order valence-corrected chi connectivity index (χ4v) is 3.37. The van der Waals surface area contributed by atoms with Gasteiger partial charge in [-0.2, -0.15) is 0 Å². The summed E-state index contributed by atoms with van der Waals surface area (Å²) in [4.78, 5) is 25.5. The predicted octanol–water partition coefficient (Wildman–Crippen LogP) is 4.19. The van der Waals surface area contributed by atoms with Gasteiger partial charge in [-0.05, 0) is 50.6 Å². The molecule has 3 rings (SSSR count). The number of halogens is 3. The van der Waals surface area contributed by atoms with Crippen molar-refractivity contribution in [2.75, 3.05) is 11.9 Å². The lowest BCUT2D eigenvalue weighted by molar-refractivity contribution is -0.157. The summed E-state index contributed by atoms with van der Waals surface area (Å²) in [5, 5.41) is 13.8. The third-order valence-electron chi connectivity index (χ3n) is 4.53. The van der Waals surface area contributed by atoms with Crippen LogP contribution in [0, 0.1) is 5.82 Å². The zero-order valence-electron chi connectivity index (χ0n) is 18.8. The van der Waals surface area contributed by atoms with Crippen LogP contribution in [0.2, 0.25) is 10.2 Å². The van der Waals surface area contributed by atoms with Gasteiger partial charge in [0.1, 0.15) is 17.5 Å². The lowest BCUT2D eigenvalue weighted by Crippen LogP contribution is -2.45. The molecule has 34 heavy (non-hydrogen) atoms. The molecule has 180 valence electrons. The van der Waals surface area contributed by atoms with Crippen LogP contribution < -0.4 is 10.6 Å². The monoisotopic (exact) mass is 507 g/mol. The molecule has 2 N–H and O–H groups in total. The highest BCUT2D eigenvalue weighted by atomic mass is 35.5. The van der Waals surface area contributed by atoms with Gasteiger partial charge >= 0.3 is 5.97 Å². The molecule has 0 fully saturated rings. The zero-order chi connectivity index (χ0) is 24.9. The lowest BCUT2D eigenvalue weighted by atomic mass is 10.0. The maximum Gasteiger partial charge on any atom is 0.324 e. The third-order valence-corrected chi connectivity index (χ3v) is 4.94. The van der Waals surface area contributed by atoms with Crippen LogP contribution in [0.5, 0.6) is 0 Å². The highest BCUT2D eigenvalue weighted by Crippen LogP contribution is 2.24. The average Bonchev–Trinajstić information content (AvgIpc) is 3.17. The number of anilines is 1. The van der Waals surface area contributed by atoms with E-state index in [1.807, 2.05) is 0 Å². The molecule has 0 bridgehead atoms. The quantitative estimate of drug-likeness (QED) is 0.443. The van der Waals surface area contributed by atoms with Crippen molar-refractivity contribution < 1.29 is 18.7 Å². The molecule has 8 nitrogen and oxygen atoms in total. The van der Waals surface area contributed by atoms with Crippen LogP contribution in [-0.2, 0) is 20.7 Å². The Morgan fingerprint density at radius 1 is 1.18 bits per heavy atom. The van der Waals surface area contributed by atoms with Gasteiger partial charge in [0.05, 0.1) is 24.1 Å². The molecule has 1 unspecified atom stereocenters. The fourth-order valence-electron chi connectivity index (χ4n) is 3.08. The average molecular weight is 508 g/mol. The van der Waals surface area contributed by atoms with Gasteiger partial charge in [0.25, 0.3) is 0 Å². The number of nitrogens with zero attached hydrogens (tertiary/aromatic N) is 3. The summed E-state index contributed by atoms with van der Waals surface area (Å²) in [7, 11) is 0. The molecule has 0 aliphatic carbocycles. The van der Waals surface area contributed by atoms with Crippen LogP contribution in [0.15, 0.2) is 48.7 Å². The van der Waals surface area contributed by atoms with Gasteiger partial charge in [-0.1, -0.05) is 46.6 Å².